The lowest BCUT2D eigenvalue weighted by molar-refractivity contribution is 0.0826. The van der Waals surface area contributed by atoms with Crippen molar-refractivity contribution < 1.29 is 13.9 Å². The average Bonchev–Trinajstić information content (AvgIpc) is 2.48. The molecule has 0 N–H and O–H groups in total. The summed E-state index contributed by atoms with van der Waals surface area (Å²) in [4.78, 5) is 17.1. The maximum atomic E-state index is 14.1. The third-order valence-corrected chi connectivity index (χ3v) is 4.13. The molecule has 0 saturated heterocycles. The molecule has 1 aromatic heterocycles. The van der Waals surface area contributed by atoms with Gasteiger partial charge in [0.05, 0.1) is 5.56 Å². The van der Waals surface area contributed by atoms with Crippen LogP contribution >= 0.6 is 0 Å². The van der Waals surface area contributed by atoms with E-state index >= 15 is 0 Å². The smallest absolute Gasteiger partial charge is 0.255 e. The Balaban J connectivity index is 1.73. The molecule has 1 amide bonds. The summed E-state index contributed by atoms with van der Waals surface area (Å²) in [5, 5.41) is 0. The van der Waals surface area contributed by atoms with E-state index in [2.05, 4.69) is 4.98 Å². The average molecular weight is 314 g/mol. The standard InChI is InChI=1S/C18H19FN2O2/c1-21(2)18(22)14-10-16(19)17(20-11-14)23-15-8-6-13(7-9-15)12-4-3-5-12/h6-12H,3-5H2,1-2H3. The first-order valence-electron chi connectivity index (χ1n) is 7.69. The number of hydrogen-bond acceptors (Lipinski definition) is 3. The molecule has 0 spiro atoms. The van der Waals surface area contributed by atoms with Crippen molar-refractivity contribution in [1.29, 1.82) is 0 Å². The highest BCUT2D eigenvalue weighted by atomic mass is 19.1. The van der Waals surface area contributed by atoms with Crippen molar-refractivity contribution in [2.75, 3.05) is 14.1 Å². The van der Waals surface area contributed by atoms with Crippen LogP contribution in [0.5, 0.6) is 11.6 Å². The van der Waals surface area contributed by atoms with Gasteiger partial charge in [-0.2, -0.15) is 0 Å². The van der Waals surface area contributed by atoms with E-state index in [4.69, 9.17) is 4.74 Å². The number of amides is 1. The molecular weight excluding hydrogens is 295 g/mol. The number of nitrogens with zero attached hydrogens (tertiary/aromatic N) is 2. The quantitative estimate of drug-likeness (QED) is 0.857. The van der Waals surface area contributed by atoms with Crippen molar-refractivity contribution in [3.63, 3.8) is 0 Å². The first kappa shape index (κ1) is 15.5. The van der Waals surface area contributed by atoms with Crippen LogP contribution in [-0.4, -0.2) is 29.9 Å². The summed E-state index contributed by atoms with van der Waals surface area (Å²) in [5.41, 5.74) is 1.49. The van der Waals surface area contributed by atoms with Crippen LogP contribution in [0.25, 0.3) is 0 Å². The molecule has 0 aliphatic heterocycles. The molecule has 23 heavy (non-hydrogen) atoms. The maximum absolute atomic E-state index is 14.1. The van der Waals surface area contributed by atoms with Crippen LogP contribution in [0.2, 0.25) is 0 Å². The van der Waals surface area contributed by atoms with Gasteiger partial charge >= 0.3 is 0 Å². The molecule has 0 radical (unpaired) electrons. The number of pyridine rings is 1. The van der Waals surface area contributed by atoms with Crippen LogP contribution < -0.4 is 4.74 Å². The van der Waals surface area contributed by atoms with E-state index < -0.39 is 5.82 Å². The number of carbonyl (C=O) groups is 1. The summed E-state index contributed by atoms with van der Waals surface area (Å²) >= 11 is 0. The number of benzene rings is 1. The van der Waals surface area contributed by atoms with Gasteiger partial charge in [0.2, 0.25) is 0 Å². The van der Waals surface area contributed by atoms with Crippen molar-refractivity contribution in [2.45, 2.75) is 25.2 Å². The van der Waals surface area contributed by atoms with Crippen LogP contribution in [0.4, 0.5) is 4.39 Å². The Morgan fingerprint density at radius 2 is 1.96 bits per heavy atom. The highest BCUT2D eigenvalue weighted by Crippen LogP contribution is 2.37. The maximum Gasteiger partial charge on any atom is 0.255 e. The molecule has 0 unspecified atom stereocenters. The molecule has 120 valence electrons. The number of ether oxygens (including phenoxy) is 1. The lowest BCUT2D eigenvalue weighted by Gasteiger charge is -2.25. The molecule has 1 aliphatic rings. The fourth-order valence-corrected chi connectivity index (χ4v) is 2.54. The van der Waals surface area contributed by atoms with E-state index in [1.165, 1.54) is 35.9 Å². The van der Waals surface area contributed by atoms with Crippen LogP contribution in [0.15, 0.2) is 36.5 Å². The number of halogens is 1. The van der Waals surface area contributed by atoms with E-state index in [1.807, 2.05) is 24.3 Å². The second-order valence-electron chi connectivity index (χ2n) is 6.01. The molecule has 1 aromatic carbocycles. The first-order chi connectivity index (χ1) is 11.0. The molecule has 0 bridgehead atoms. The second kappa shape index (κ2) is 6.36. The summed E-state index contributed by atoms with van der Waals surface area (Å²) in [6, 6.07) is 8.83. The van der Waals surface area contributed by atoms with Gasteiger partial charge in [0.1, 0.15) is 5.75 Å². The van der Waals surface area contributed by atoms with Gasteiger partial charge < -0.3 is 9.64 Å². The van der Waals surface area contributed by atoms with Crippen molar-refractivity contribution >= 4 is 5.91 Å². The molecule has 3 rings (SSSR count). The van der Waals surface area contributed by atoms with E-state index in [1.54, 1.807) is 14.1 Å². The fourth-order valence-electron chi connectivity index (χ4n) is 2.54. The Kier molecular flexibility index (Phi) is 4.28. The summed E-state index contributed by atoms with van der Waals surface area (Å²) in [6.45, 7) is 0. The lowest BCUT2D eigenvalue weighted by Crippen LogP contribution is -2.22. The van der Waals surface area contributed by atoms with Crippen molar-refractivity contribution in [3.8, 4) is 11.6 Å². The van der Waals surface area contributed by atoms with Gasteiger partial charge in [-0.25, -0.2) is 9.37 Å². The Morgan fingerprint density at radius 3 is 2.48 bits per heavy atom. The van der Waals surface area contributed by atoms with E-state index in [9.17, 15) is 9.18 Å². The summed E-state index contributed by atoms with van der Waals surface area (Å²) < 4.78 is 19.6. The molecular formula is C18H19FN2O2. The molecule has 5 heteroatoms. The third-order valence-electron chi connectivity index (χ3n) is 4.13. The van der Waals surface area contributed by atoms with Crippen molar-refractivity contribution in [3.05, 3.63) is 53.5 Å². The number of hydrogen-bond donors (Lipinski definition) is 0. The summed E-state index contributed by atoms with van der Waals surface area (Å²) in [6.07, 6.45) is 5.08. The van der Waals surface area contributed by atoms with Crippen molar-refractivity contribution in [2.24, 2.45) is 0 Å². The Hall–Kier alpha value is -2.43. The predicted octanol–water partition coefficient (Wildman–Crippen LogP) is 3.98. The van der Waals surface area contributed by atoms with E-state index in [-0.39, 0.29) is 17.4 Å². The zero-order chi connectivity index (χ0) is 16.4. The minimum atomic E-state index is -0.652. The van der Waals surface area contributed by atoms with Gasteiger partial charge in [-0.3, -0.25) is 4.79 Å². The topological polar surface area (TPSA) is 42.4 Å². The van der Waals surface area contributed by atoms with Gasteiger partial charge in [0.25, 0.3) is 11.8 Å². The van der Waals surface area contributed by atoms with Crippen LogP contribution in [0.1, 0.15) is 41.1 Å². The van der Waals surface area contributed by atoms with Gasteiger partial charge in [-0.15, -0.1) is 0 Å². The SMILES string of the molecule is CN(C)C(=O)c1cnc(Oc2ccc(C3CCC3)cc2)c(F)c1. The molecule has 1 fully saturated rings. The molecule has 1 heterocycles. The third kappa shape index (κ3) is 3.33. The highest BCUT2D eigenvalue weighted by molar-refractivity contribution is 5.93. The van der Waals surface area contributed by atoms with E-state index in [0.717, 1.165) is 6.07 Å². The number of aromatic nitrogens is 1. The molecule has 1 aliphatic carbocycles. The number of carbonyl (C=O) groups excluding carboxylic acids is 1. The Morgan fingerprint density at radius 1 is 1.26 bits per heavy atom. The Labute approximate surface area is 134 Å². The predicted molar refractivity (Wildman–Crippen MR) is 85.3 cm³/mol. The van der Waals surface area contributed by atoms with Crippen molar-refractivity contribution in [1.82, 2.24) is 9.88 Å². The first-order valence-corrected chi connectivity index (χ1v) is 7.69. The zero-order valence-electron chi connectivity index (χ0n) is 13.3. The summed E-state index contributed by atoms with van der Waals surface area (Å²) in [7, 11) is 3.21. The van der Waals surface area contributed by atoms with Gasteiger partial charge in [0.15, 0.2) is 5.82 Å². The van der Waals surface area contributed by atoms with Gasteiger partial charge in [-0.05, 0) is 42.5 Å². The normalized spacial score (nSPS) is 14.2. The molecule has 4 nitrogen and oxygen atoms in total. The van der Waals surface area contributed by atoms with Crippen LogP contribution in [0.3, 0.4) is 0 Å². The molecule has 0 atom stereocenters. The minimum absolute atomic E-state index is 0.128. The monoisotopic (exact) mass is 314 g/mol. The number of rotatable bonds is 4. The van der Waals surface area contributed by atoms with Crippen LogP contribution in [0, 0.1) is 5.82 Å². The van der Waals surface area contributed by atoms with Gasteiger partial charge in [0, 0.05) is 20.3 Å². The second-order valence-corrected chi connectivity index (χ2v) is 6.01. The van der Waals surface area contributed by atoms with Gasteiger partial charge in [-0.1, -0.05) is 18.6 Å². The lowest BCUT2D eigenvalue weighted by atomic mass is 9.80. The fraction of sp³-hybridized carbons (Fsp3) is 0.333. The van der Waals surface area contributed by atoms with E-state index in [0.29, 0.717) is 11.7 Å². The minimum Gasteiger partial charge on any atom is -0.436 e. The zero-order valence-corrected chi connectivity index (χ0v) is 13.3. The Bertz CT molecular complexity index is 709. The van der Waals surface area contributed by atoms with Crippen LogP contribution in [-0.2, 0) is 0 Å². The molecule has 1 saturated carbocycles. The highest BCUT2D eigenvalue weighted by Gasteiger charge is 2.19. The largest absolute Gasteiger partial charge is 0.436 e. The molecule has 2 aromatic rings. The summed E-state index contributed by atoms with van der Waals surface area (Å²) in [5.74, 6) is 0.103.